The summed E-state index contributed by atoms with van der Waals surface area (Å²) in [6, 6.07) is 0. The average Bonchev–Trinajstić information content (AvgIpc) is 3.23. The van der Waals surface area contributed by atoms with Crippen molar-refractivity contribution < 1.29 is 23.8 Å². The summed E-state index contributed by atoms with van der Waals surface area (Å²) in [5, 5.41) is 4.38. The van der Waals surface area contributed by atoms with Crippen LogP contribution in [0.15, 0.2) is 0 Å². The Morgan fingerprint density at radius 2 is 1.89 bits per heavy atom. The monoisotopic (exact) mass is 393 g/mol. The highest BCUT2D eigenvalue weighted by Crippen LogP contribution is 2.33. The minimum atomic E-state index is -0.545. The molecule has 1 saturated carbocycles. The van der Waals surface area contributed by atoms with Crippen LogP contribution in [0.5, 0.6) is 0 Å². The maximum Gasteiger partial charge on any atom is 0.410 e. The maximum absolute atomic E-state index is 12.7. The van der Waals surface area contributed by atoms with E-state index >= 15 is 0 Å². The number of amides is 1. The molecule has 8 nitrogen and oxygen atoms in total. The zero-order valence-corrected chi connectivity index (χ0v) is 17.5. The number of methoxy groups -OCH3 is 1. The van der Waals surface area contributed by atoms with Gasteiger partial charge in [-0.15, -0.1) is 0 Å². The predicted octanol–water partition coefficient (Wildman–Crippen LogP) is 2.83. The Balaban J connectivity index is 1.68. The first-order valence-corrected chi connectivity index (χ1v) is 9.89. The van der Waals surface area contributed by atoms with Gasteiger partial charge in [0.25, 0.3) is 0 Å². The normalized spacial score (nSPS) is 18.7. The van der Waals surface area contributed by atoms with Crippen LogP contribution in [0, 0.1) is 0 Å². The molecule has 0 unspecified atom stereocenters. The lowest BCUT2D eigenvalue weighted by Gasteiger charge is -2.30. The van der Waals surface area contributed by atoms with Crippen molar-refractivity contribution in [1.29, 1.82) is 0 Å². The van der Waals surface area contributed by atoms with Gasteiger partial charge in [-0.3, -0.25) is 4.68 Å². The molecule has 1 aromatic heterocycles. The van der Waals surface area contributed by atoms with Crippen molar-refractivity contribution in [2.75, 3.05) is 20.3 Å². The Morgan fingerprint density at radius 3 is 2.50 bits per heavy atom. The minimum absolute atomic E-state index is 0.248. The van der Waals surface area contributed by atoms with E-state index in [1.54, 1.807) is 23.7 Å². The molecule has 0 saturated heterocycles. The van der Waals surface area contributed by atoms with Crippen molar-refractivity contribution in [3.8, 4) is 0 Å². The summed E-state index contributed by atoms with van der Waals surface area (Å²) in [4.78, 5) is 26.7. The first-order chi connectivity index (χ1) is 13.1. The predicted molar refractivity (Wildman–Crippen MR) is 102 cm³/mol. The number of aromatic nitrogens is 2. The molecule has 1 aliphatic heterocycles. The highest BCUT2D eigenvalue weighted by molar-refractivity contribution is 5.89. The van der Waals surface area contributed by atoms with E-state index in [0.29, 0.717) is 25.2 Å². The smallest absolute Gasteiger partial charge is 0.410 e. The van der Waals surface area contributed by atoms with Crippen LogP contribution in [0.2, 0.25) is 0 Å². The molecule has 2 aliphatic rings. The maximum atomic E-state index is 12.7. The minimum Gasteiger partial charge on any atom is -0.458 e. The largest absolute Gasteiger partial charge is 0.458 e. The second kappa shape index (κ2) is 7.73. The summed E-state index contributed by atoms with van der Waals surface area (Å²) in [6.07, 6.45) is 4.17. The molecule has 0 spiro atoms. The fourth-order valence-corrected chi connectivity index (χ4v) is 3.91. The van der Waals surface area contributed by atoms with Gasteiger partial charge < -0.3 is 19.1 Å². The molecule has 2 heterocycles. The quantitative estimate of drug-likeness (QED) is 0.732. The van der Waals surface area contributed by atoms with Crippen LogP contribution in [0.4, 0.5) is 4.79 Å². The second-order valence-electron chi connectivity index (χ2n) is 8.72. The summed E-state index contributed by atoms with van der Waals surface area (Å²) < 4.78 is 18.3. The van der Waals surface area contributed by atoms with Crippen molar-refractivity contribution in [3.63, 3.8) is 0 Å². The molecule has 1 aromatic rings. The molecule has 28 heavy (non-hydrogen) atoms. The molecule has 8 heteroatoms. The van der Waals surface area contributed by atoms with Gasteiger partial charge >= 0.3 is 12.1 Å². The third-order valence-electron chi connectivity index (χ3n) is 5.51. The first-order valence-electron chi connectivity index (χ1n) is 9.89. The van der Waals surface area contributed by atoms with Crippen molar-refractivity contribution >= 4 is 12.1 Å². The van der Waals surface area contributed by atoms with Gasteiger partial charge in [-0.05, 0) is 40.0 Å². The van der Waals surface area contributed by atoms with Crippen molar-refractivity contribution in [2.45, 2.75) is 70.6 Å². The molecular weight excluding hydrogens is 362 g/mol. The van der Waals surface area contributed by atoms with E-state index in [1.807, 2.05) is 20.8 Å². The zero-order chi connectivity index (χ0) is 20.5. The van der Waals surface area contributed by atoms with Gasteiger partial charge in [0.05, 0.1) is 12.2 Å². The first kappa shape index (κ1) is 20.6. The lowest BCUT2D eigenvalue weighted by molar-refractivity contribution is -0.0566. The average molecular weight is 393 g/mol. The van der Waals surface area contributed by atoms with Gasteiger partial charge in [0.15, 0.2) is 5.69 Å². The van der Waals surface area contributed by atoms with Gasteiger partial charge in [-0.2, -0.15) is 5.10 Å². The van der Waals surface area contributed by atoms with Crippen LogP contribution in [-0.2, 0) is 34.2 Å². The summed E-state index contributed by atoms with van der Waals surface area (Å²) in [7, 11) is 3.45. The summed E-state index contributed by atoms with van der Waals surface area (Å²) in [5.41, 5.74) is 1.12. The molecule has 3 rings (SSSR count). The molecule has 1 amide bonds. The van der Waals surface area contributed by atoms with Gasteiger partial charge in [0.2, 0.25) is 0 Å². The van der Waals surface area contributed by atoms with E-state index in [-0.39, 0.29) is 18.3 Å². The van der Waals surface area contributed by atoms with E-state index in [0.717, 1.165) is 36.9 Å². The summed E-state index contributed by atoms with van der Waals surface area (Å²) in [5.74, 6) is -0.425. The van der Waals surface area contributed by atoms with Crippen LogP contribution in [-0.4, -0.2) is 58.2 Å². The third kappa shape index (κ3) is 4.32. The molecule has 0 radical (unpaired) electrons. The number of esters is 1. The molecule has 1 aliphatic carbocycles. The Labute approximate surface area is 166 Å². The second-order valence-corrected chi connectivity index (χ2v) is 8.72. The Morgan fingerprint density at radius 1 is 1.21 bits per heavy atom. The fraction of sp³-hybridized carbons (Fsp3) is 0.750. The molecule has 0 bridgehead atoms. The van der Waals surface area contributed by atoms with E-state index in [1.165, 1.54) is 0 Å². The van der Waals surface area contributed by atoms with Crippen LogP contribution in [0.25, 0.3) is 0 Å². The van der Waals surface area contributed by atoms with E-state index in [9.17, 15) is 9.59 Å². The standard InChI is InChI=1S/C20H31N3O5/c1-19(2,3)28-18(25)23-11-8-14-15(12-23)22(4)21-16(14)17(24)27-13-20(26-5)9-6-7-10-20/h6-13H2,1-5H3. The highest BCUT2D eigenvalue weighted by Gasteiger charge is 2.37. The number of fused-ring (bicyclic) bond motifs is 1. The van der Waals surface area contributed by atoms with Gasteiger partial charge in [-0.1, -0.05) is 12.8 Å². The molecule has 0 N–H and O–H groups in total. The van der Waals surface area contributed by atoms with Crippen LogP contribution in [0.1, 0.15) is 68.2 Å². The topological polar surface area (TPSA) is 82.9 Å². The van der Waals surface area contributed by atoms with Crippen LogP contribution >= 0.6 is 0 Å². The van der Waals surface area contributed by atoms with Crippen molar-refractivity contribution in [1.82, 2.24) is 14.7 Å². The zero-order valence-electron chi connectivity index (χ0n) is 17.5. The Hall–Kier alpha value is -2.09. The number of hydrogen-bond acceptors (Lipinski definition) is 6. The lowest BCUT2D eigenvalue weighted by atomic mass is 10.0. The molecule has 1 fully saturated rings. The van der Waals surface area contributed by atoms with Gasteiger partial charge in [0, 0.05) is 26.3 Å². The van der Waals surface area contributed by atoms with E-state index in [4.69, 9.17) is 14.2 Å². The Kier molecular flexibility index (Phi) is 5.70. The Bertz CT molecular complexity index is 744. The number of carbonyl (C=O) groups is 2. The molecule has 156 valence electrons. The summed E-state index contributed by atoms with van der Waals surface area (Å²) >= 11 is 0. The SMILES string of the molecule is COC1(COC(=O)c2nn(C)c3c2CCN(C(=O)OC(C)(C)C)C3)CCCC1. The lowest BCUT2D eigenvalue weighted by Crippen LogP contribution is -2.40. The van der Waals surface area contributed by atoms with Crippen molar-refractivity contribution in [3.05, 3.63) is 17.0 Å². The fourth-order valence-electron chi connectivity index (χ4n) is 3.91. The summed E-state index contributed by atoms with van der Waals surface area (Å²) in [6.45, 7) is 6.62. The molecule has 0 aromatic carbocycles. The number of carbonyl (C=O) groups excluding carboxylic acids is 2. The van der Waals surface area contributed by atoms with Crippen molar-refractivity contribution in [2.24, 2.45) is 7.05 Å². The highest BCUT2D eigenvalue weighted by atomic mass is 16.6. The molecular formula is C20H31N3O5. The molecule has 0 atom stereocenters. The number of rotatable bonds is 4. The van der Waals surface area contributed by atoms with Gasteiger partial charge in [-0.25, -0.2) is 9.59 Å². The number of hydrogen-bond donors (Lipinski definition) is 0. The van der Waals surface area contributed by atoms with E-state index in [2.05, 4.69) is 5.10 Å². The van der Waals surface area contributed by atoms with Crippen LogP contribution < -0.4 is 0 Å². The van der Waals surface area contributed by atoms with Crippen LogP contribution in [0.3, 0.4) is 0 Å². The number of aryl methyl sites for hydroxylation is 1. The van der Waals surface area contributed by atoms with E-state index < -0.39 is 11.6 Å². The number of ether oxygens (including phenoxy) is 3. The number of nitrogens with zero attached hydrogens (tertiary/aromatic N) is 3. The third-order valence-corrected chi connectivity index (χ3v) is 5.51. The van der Waals surface area contributed by atoms with Gasteiger partial charge in [0.1, 0.15) is 17.8 Å².